The minimum absolute atomic E-state index is 0.117. The van der Waals surface area contributed by atoms with Crippen LogP contribution in [0.3, 0.4) is 0 Å². The summed E-state index contributed by atoms with van der Waals surface area (Å²) in [5, 5.41) is 2.37. The molecule has 1 aromatic carbocycles. The monoisotopic (exact) mass is 214 g/mol. The first-order valence-electron chi connectivity index (χ1n) is 3.84. The summed E-state index contributed by atoms with van der Waals surface area (Å²) < 4.78 is 24.8. The summed E-state index contributed by atoms with van der Waals surface area (Å²) in [4.78, 5) is 10.2. The Labute approximate surface area is 82.2 Å². The molecule has 0 aliphatic rings. The van der Waals surface area contributed by atoms with Crippen molar-refractivity contribution >= 4 is 22.1 Å². The topological polar surface area (TPSA) is 75.3 Å². The third kappa shape index (κ3) is 2.30. The van der Waals surface area contributed by atoms with E-state index in [1.165, 1.54) is 19.2 Å². The molecule has 0 spiro atoms. The highest BCUT2D eigenvalue weighted by Gasteiger charge is 2.10. The van der Waals surface area contributed by atoms with E-state index >= 15 is 0 Å². The zero-order chi connectivity index (χ0) is 10.6. The van der Waals surface area contributed by atoms with Crippen molar-refractivity contribution in [2.24, 2.45) is 0 Å². The molecule has 0 bridgehead atoms. The quantitative estimate of drug-likeness (QED) is 0.701. The largest absolute Gasteiger partial charge is 0.329 e. The molecule has 0 aromatic heterocycles. The highest BCUT2D eigenvalue weighted by atomic mass is 32.2. The van der Waals surface area contributed by atoms with Gasteiger partial charge in [-0.1, -0.05) is 6.07 Å². The van der Waals surface area contributed by atoms with Crippen LogP contribution in [0, 0.1) is 0 Å². The van der Waals surface area contributed by atoms with Gasteiger partial charge in [0.15, 0.2) is 0 Å². The molecular weight excluding hydrogens is 204 g/mol. The van der Waals surface area contributed by atoms with Crippen molar-refractivity contribution in [1.82, 2.24) is 4.72 Å². The summed E-state index contributed by atoms with van der Waals surface area (Å²) in [5.41, 5.74) is 0.441. The fraction of sp³-hybridized carbons (Fsp3) is 0.125. The second-order valence-electron chi connectivity index (χ2n) is 2.50. The first-order valence-corrected chi connectivity index (χ1v) is 5.32. The number of carbonyl (C=O) groups excluding carboxylic acids is 1. The molecule has 0 saturated heterocycles. The molecule has 1 rings (SSSR count). The molecule has 5 nitrogen and oxygen atoms in total. The first-order chi connectivity index (χ1) is 6.60. The van der Waals surface area contributed by atoms with Gasteiger partial charge in [-0.2, -0.15) is 0 Å². The number of nitrogens with one attached hydrogen (secondary N) is 2. The molecule has 1 aromatic rings. The Morgan fingerprint density at radius 1 is 1.36 bits per heavy atom. The zero-order valence-electron chi connectivity index (χ0n) is 7.52. The van der Waals surface area contributed by atoms with Crippen molar-refractivity contribution in [3.8, 4) is 0 Å². The fourth-order valence-electron chi connectivity index (χ4n) is 0.939. The summed E-state index contributed by atoms with van der Waals surface area (Å²) in [6.45, 7) is 0. The van der Waals surface area contributed by atoms with E-state index in [1.54, 1.807) is 12.1 Å². The third-order valence-corrected chi connectivity index (χ3v) is 3.05. The third-order valence-electron chi connectivity index (χ3n) is 1.64. The van der Waals surface area contributed by atoms with E-state index in [0.717, 1.165) is 0 Å². The molecule has 0 aliphatic carbocycles. The van der Waals surface area contributed by atoms with Gasteiger partial charge in [-0.15, -0.1) is 0 Å². The van der Waals surface area contributed by atoms with Gasteiger partial charge in [-0.3, -0.25) is 4.79 Å². The van der Waals surface area contributed by atoms with Gasteiger partial charge >= 0.3 is 0 Å². The van der Waals surface area contributed by atoms with Crippen LogP contribution in [-0.2, 0) is 14.8 Å². The van der Waals surface area contributed by atoms with Gasteiger partial charge in [0.25, 0.3) is 0 Å². The molecule has 2 N–H and O–H groups in total. The Kier molecular flexibility index (Phi) is 3.21. The molecule has 0 aliphatic heterocycles. The van der Waals surface area contributed by atoms with Crippen molar-refractivity contribution in [2.45, 2.75) is 4.90 Å². The van der Waals surface area contributed by atoms with E-state index in [-0.39, 0.29) is 4.90 Å². The van der Waals surface area contributed by atoms with Crippen LogP contribution in [-0.4, -0.2) is 21.9 Å². The predicted octanol–water partition coefficient (Wildman–Crippen LogP) is 0.163. The van der Waals surface area contributed by atoms with E-state index in [0.29, 0.717) is 12.1 Å². The maximum Gasteiger partial charge on any atom is 0.240 e. The Morgan fingerprint density at radius 2 is 2.07 bits per heavy atom. The van der Waals surface area contributed by atoms with Crippen LogP contribution in [0.25, 0.3) is 0 Å². The summed E-state index contributed by atoms with van der Waals surface area (Å²) >= 11 is 0. The molecule has 0 fully saturated rings. The van der Waals surface area contributed by atoms with Crippen LogP contribution < -0.4 is 10.0 Å². The van der Waals surface area contributed by atoms with Crippen LogP contribution in [0.2, 0.25) is 0 Å². The van der Waals surface area contributed by atoms with Gasteiger partial charge in [0, 0.05) is 5.69 Å². The van der Waals surface area contributed by atoms with Crippen LogP contribution in [0.4, 0.5) is 5.69 Å². The van der Waals surface area contributed by atoms with Crippen molar-refractivity contribution < 1.29 is 13.2 Å². The summed E-state index contributed by atoms with van der Waals surface area (Å²) in [5.74, 6) is 0. The van der Waals surface area contributed by atoms with Crippen LogP contribution >= 0.6 is 0 Å². The number of sulfonamides is 1. The van der Waals surface area contributed by atoms with E-state index in [4.69, 9.17) is 0 Å². The number of benzene rings is 1. The summed E-state index contributed by atoms with van der Waals surface area (Å²) in [6, 6.07) is 5.97. The van der Waals surface area contributed by atoms with Gasteiger partial charge in [0.2, 0.25) is 16.4 Å². The standard InChI is InChI=1S/C8H10N2O3S/c1-9-14(12,13)8-4-2-3-7(5-8)10-6-11/h2-6,9H,1H3,(H,10,11). The Bertz CT molecular complexity index is 428. The average Bonchev–Trinajstić information content (AvgIpc) is 2.19. The molecule has 0 unspecified atom stereocenters. The van der Waals surface area contributed by atoms with Crippen LogP contribution in [0.5, 0.6) is 0 Å². The lowest BCUT2D eigenvalue weighted by atomic mass is 10.3. The van der Waals surface area contributed by atoms with Gasteiger partial charge < -0.3 is 5.32 Å². The van der Waals surface area contributed by atoms with Gasteiger partial charge in [0.1, 0.15) is 0 Å². The van der Waals surface area contributed by atoms with Crippen LogP contribution in [0.15, 0.2) is 29.2 Å². The Hall–Kier alpha value is -1.40. The van der Waals surface area contributed by atoms with Crippen molar-refractivity contribution in [2.75, 3.05) is 12.4 Å². The van der Waals surface area contributed by atoms with E-state index in [9.17, 15) is 13.2 Å². The number of carbonyl (C=O) groups is 1. The minimum atomic E-state index is -3.44. The number of amides is 1. The minimum Gasteiger partial charge on any atom is -0.329 e. The predicted molar refractivity (Wildman–Crippen MR) is 52.4 cm³/mol. The zero-order valence-corrected chi connectivity index (χ0v) is 8.34. The lowest BCUT2D eigenvalue weighted by Crippen LogP contribution is -2.18. The molecule has 6 heteroatoms. The molecule has 76 valence electrons. The average molecular weight is 214 g/mol. The number of hydrogen-bond donors (Lipinski definition) is 2. The number of rotatable bonds is 4. The van der Waals surface area contributed by atoms with Gasteiger partial charge in [-0.05, 0) is 25.2 Å². The Morgan fingerprint density at radius 3 is 2.64 bits per heavy atom. The van der Waals surface area contributed by atoms with Crippen molar-refractivity contribution in [3.63, 3.8) is 0 Å². The second-order valence-corrected chi connectivity index (χ2v) is 4.38. The van der Waals surface area contributed by atoms with E-state index in [1.807, 2.05) is 0 Å². The molecule has 14 heavy (non-hydrogen) atoms. The van der Waals surface area contributed by atoms with Crippen molar-refractivity contribution in [1.29, 1.82) is 0 Å². The summed E-state index contributed by atoms with van der Waals surface area (Å²) in [6.07, 6.45) is 0.491. The molecule has 0 radical (unpaired) electrons. The number of anilines is 1. The number of hydrogen-bond acceptors (Lipinski definition) is 3. The molecular formula is C8H10N2O3S. The maximum absolute atomic E-state index is 11.3. The fourth-order valence-corrected chi connectivity index (χ4v) is 1.71. The molecule has 0 saturated carbocycles. The summed E-state index contributed by atoms with van der Waals surface area (Å²) in [7, 11) is -2.12. The normalized spacial score (nSPS) is 10.9. The maximum atomic E-state index is 11.3. The molecule has 1 amide bonds. The van der Waals surface area contributed by atoms with E-state index < -0.39 is 10.0 Å². The highest BCUT2D eigenvalue weighted by Crippen LogP contribution is 2.14. The lowest BCUT2D eigenvalue weighted by Gasteiger charge is -2.04. The first kappa shape index (κ1) is 10.7. The van der Waals surface area contributed by atoms with E-state index in [2.05, 4.69) is 10.0 Å². The lowest BCUT2D eigenvalue weighted by molar-refractivity contribution is -0.105. The smallest absolute Gasteiger partial charge is 0.240 e. The van der Waals surface area contributed by atoms with Gasteiger partial charge in [-0.25, -0.2) is 13.1 Å². The molecule has 0 atom stereocenters. The Balaban J connectivity index is 3.12. The molecule has 0 heterocycles. The SMILES string of the molecule is CNS(=O)(=O)c1cccc(NC=O)c1. The second kappa shape index (κ2) is 4.21. The van der Waals surface area contributed by atoms with Crippen molar-refractivity contribution in [3.05, 3.63) is 24.3 Å². The van der Waals surface area contributed by atoms with Crippen LogP contribution in [0.1, 0.15) is 0 Å². The highest BCUT2D eigenvalue weighted by molar-refractivity contribution is 7.89. The van der Waals surface area contributed by atoms with Gasteiger partial charge in [0.05, 0.1) is 4.90 Å².